The van der Waals surface area contributed by atoms with E-state index in [0.29, 0.717) is 22.4 Å². The molecule has 2 N–H and O–H groups in total. The van der Waals surface area contributed by atoms with Crippen molar-refractivity contribution in [2.24, 2.45) is 0 Å². The first-order valence-corrected chi connectivity index (χ1v) is 8.89. The number of amides is 1. The molecule has 1 aliphatic heterocycles. The second kappa shape index (κ2) is 10.5. The van der Waals surface area contributed by atoms with Gasteiger partial charge in [-0.15, -0.1) is 36.2 Å². The molecule has 1 fully saturated rings. The maximum absolute atomic E-state index is 12.1. The molecule has 1 aromatic heterocycles. The average Bonchev–Trinajstić information content (AvgIpc) is 2.99. The van der Waals surface area contributed by atoms with Gasteiger partial charge in [0.2, 0.25) is 5.91 Å². The van der Waals surface area contributed by atoms with Crippen LogP contribution in [0.1, 0.15) is 0 Å². The van der Waals surface area contributed by atoms with Crippen molar-refractivity contribution in [2.75, 3.05) is 38.0 Å². The topological polar surface area (TPSA) is 57.3 Å². The Morgan fingerprint density at radius 1 is 1.24 bits per heavy atom. The van der Waals surface area contributed by atoms with E-state index in [1.807, 2.05) is 11.4 Å². The zero-order valence-corrected chi connectivity index (χ0v) is 17.1. The van der Waals surface area contributed by atoms with E-state index >= 15 is 0 Å². The number of aromatic nitrogens is 1. The van der Waals surface area contributed by atoms with Gasteiger partial charge < -0.3 is 10.6 Å². The van der Waals surface area contributed by atoms with Crippen molar-refractivity contribution in [3.63, 3.8) is 0 Å². The van der Waals surface area contributed by atoms with E-state index in [1.165, 1.54) is 11.3 Å². The summed E-state index contributed by atoms with van der Waals surface area (Å²) in [5, 5.41) is 9.73. The molecule has 0 atom stereocenters. The second-order valence-corrected chi connectivity index (χ2v) is 6.91. The molecule has 1 amide bonds. The Labute approximate surface area is 172 Å². The number of rotatable bonds is 4. The number of halogens is 4. The van der Waals surface area contributed by atoms with E-state index in [4.69, 9.17) is 23.2 Å². The molecular formula is C15H18Cl4N4OS. The normalized spacial score (nSPS) is 14.3. The van der Waals surface area contributed by atoms with Crippen molar-refractivity contribution in [3.8, 4) is 10.6 Å². The third kappa shape index (κ3) is 6.25. The van der Waals surface area contributed by atoms with Crippen molar-refractivity contribution in [1.82, 2.24) is 15.2 Å². The Morgan fingerprint density at radius 3 is 2.64 bits per heavy atom. The quantitative estimate of drug-likeness (QED) is 0.754. The van der Waals surface area contributed by atoms with Crippen LogP contribution in [0.3, 0.4) is 0 Å². The minimum absolute atomic E-state index is 0. The molecule has 0 unspecified atom stereocenters. The Kier molecular flexibility index (Phi) is 9.45. The van der Waals surface area contributed by atoms with Crippen LogP contribution in [0.25, 0.3) is 10.6 Å². The number of carbonyl (C=O) groups excluding carboxylic acids is 1. The van der Waals surface area contributed by atoms with Crippen LogP contribution in [0.4, 0.5) is 5.82 Å². The Balaban J connectivity index is 0.00000156. The summed E-state index contributed by atoms with van der Waals surface area (Å²) in [6.07, 6.45) is 0. The monoisotopic (exact) mass is 442 g/mol. The summed E-state index contributed by atoms with van der Waals surface area (Å²) in [7, 11) is 0. The van der Waals surface area contributed by atoms with Gasteiger partial charge in [0.25, 0.3) is 0 Å². The zero-order chi connectivity index (χ0) is 16.2. The third-order valence-corrected chi connectivity index (χ3v) is 5.15. The summed E-state index contributed by atoms with van der Waals surface area (Å²) in [5.74, 6) is 0.522. The number of piperazine rings is 1. The highest BCUT2D eigenvalue weighted by Crippen LogP contribution is 2.31. The van der Waals surface area contributed by atoms with Gasteiger partial charge in [0, 0.05) is 37.1 Å². The number of nitrogens with one attached hydrogen (secondary N) is 2. The fraction of sp³-hybridized carbons (Fsp3) is 0.333. The van der Waals surface area contributed by atoms with Gasteiger partial charge >= 0.3 is 0 Å². The van der Waals surface area contributed by atoms with Crippen LogP contribution < -0.4 is 10.6 Å². The summed E-state index contributed by atoms with van der Waals surface area (Å²) < 4.78 is 0. The fourth-order valence-corrected chi connectivity index (χ4v) is 3.39. The van der Waals surface area contributed by atoms with Crippen LogP contribution in [-0.4, -0.2) is 48.5 Å². The van der Waals surface area contributed by atoms with Crippen molar-refractivity contribution >= 4 is 71.1 Å². The summed E-state index contributed by atoms with van der Waals surface area (Å²) in [6, 6.07) is 5.37. The first-order chi connectivity index (χ1) is 11.1. The lowest BCUT2D eigenvalue weighted by Gasteiger charge is -2.26. The number of nitrogens with zero attached hydrogens (tertiary/aromatic N) is 2. The summed E-state index contributed by atoms with van der Waals surface area (Å²) in [6.45, 7) is 4.01. The summed E-state index contributed by atoms with van der Waals surface area (Å²) in [4.78, 5) is 18.6. The molecule has 1 aliphatic rings. The fourth-order valence-electron chi connectivity index (χ4n) is 2.35. The summed E-state index contributed by atoms with van der Waals surface area (Å²) in [5.41, 5.74) is 0.881. The molecule has 0 aliphatic carbocycles. The minimum atomic E-state index is -0.0436. The molecule has 2 heterocycles. The van der Waals surface area contributed by atoms with Gasteiger partial charge in [0.05, 0.1) is 16.6 Å². The lowest BCUT2D eigenvalue weighted by Crippen LogP contribution is -2.46. The molecule has 1 aromatic carbocycles. The van der Waals surface area contributed by atoms with E-state index in [-0.39, 0.29) is 30.7 Å². The number of carbonyl (C=O) groups is 1. The number of benzene rings is 1. The van der Waals surface area contributed by atoms with E-state index in [0.717, 1.165) is 36.8 Å². The van der Waals surface area contributed by atoms with Crippen LogP contribution in [0.5, 0.6) is 0 Å². The molecule has 0 bridgehead atoms. The third-order valence-electron chi connectivity index (χ3n) is 3.52. The molecule has 3 rings (SSSR count). The highest BCUT2D eigenvalue weighted by atomic mass is 35.5. The van der Waals surface area contributed by atoms with Gasteiger partial charge in [-0.05, 0) is 12.1 Å². The summed E-state index contributed by atoms with van der Waals surface area (Å²) >= 11 is 13.4. The van der Waals surface area contributed by atoms with Crippen molar-refractivity contribution in [3.05, 3.63) is 33.6 Å². The lowest BCUT2D eigenvalue weighted by molar-refractivity contribution is -0.117. The molecule has 2 aromatic rings. The minimum Gasteiger partial charge on any atom is -0.314 e. The van der Waals surface area contributed by atoms with Crippen LogP contribution in [0.15, 0.2) is 23.6 Å². The molecule has 0 spiro atoms. The van der Waals surface area contributed by atoms with Crippen molar-refractivity contribution < 1.29 is 4.79 Å². The maximum Gasteiger partial charge on any atom is 0.239 e. The largest absolute Gasteiger partial charge is 0.314 e. The van der Waals surface area contributed by atoms with Crippen molar-refractivity contribution in [2.45, 2.75) is 0 Å². The molecule has 10 heteroatoms. The Morgan fingerprint density at radius 2 is 1.96 bits per heavy atom. The SMILES string of the molecule is Cl.Cl.O=C(CN1CCNCC1)Nc1csc(-c2ccc(Cl)c(Cl)c2)n1. The van der Waals surface area contributed by atoms with Gasteiger partial charge in [0.15, 0.2) is 0 Å². The number of anilines is 1. The van der Waals surface area contributed by atoms with Crippen LogP contribution in [-0.2, 0) is 4.79 Å². The van der Waals surface area contributed by atoms with Gasteiger partial charge in [-0.2, -0.15) is 0 Å². The molecule has 138 valence electrons. The Bertz CT molecular complexity index is 707. The first-order valence-electron chi connectivity index (χ1n) is 7.26. The van der Waals surface area contributed by atoms with E-state index in [9.17, 15) is 4.79 Å². The molecule has 25 heavy (non-hydrogen) atoms. The molecule has 0 radical (unpaired) electrons. The van der Waals surface area contributed by atoms with E-state index < -0.39 is 0 Å². The van der Waals surface area contributed by atoms with E-state index in [1.54, 1.807) is 12.1 Å². The lowest BCUT2D eigenvalue weighted by atomic mass is 10.2. The standard InChI is InChI=1S/C15H16Cl2N4OS.2ClH/c16-11-2-1-10(7-12(11)17)15-20-13(9-23-15)19-14(22)8-21-5-3-18-4-6-21;;/h1-2,7,9,18H,3-6,8H2,(H,19,22);2*1H. The molecule has 1 saturated heterocycles. The van der Waals surface area contributed by atoms with Crippen LogP contribution >= 0.6 is 59.4 Å². The van der Waals surface area contributed by atoms with Gasteiger partial charge in [-0.1, -0.05) is 29.3 Å². The number of thiazole rings is 1. The predicted molar refractivity (Wildman–Crippen MR) is 110 cm³/mol. The number of hydrogen-bond acceptors (Lipinski definition) is 5. The molecule has 5 nitrogen and oxygen atoms in total. The average molecular weight is 444 g/mol. The highest BCUT2D eigenvalue weighted by molar-refractivity contribution is 7.13. The van der Waals surface area contributed by atoms with E-state index in [2.05, 4.69) is 20.5 Å². The highest BCUT2D eigenvalue weighted by Gasteiger charge is 2.15. The molecule has 0 saturated carbocycles. The zero-order valence-electron chi connectivity index (χ0n) is 13.1. The first kappa shape index (κ1) is 22.4. The van der Waals surface area contributed by atoms with Crippen molar-refractivity contribution in [1.29, 1.82) is 0 Å². The maximum atomic E-state index is 12.1. The Hall–Kier alpha value is -0.600. The van der Waals surface area contributed by atoms with Gasteiger partial charge in [-0.25, -0.2) is 4.98 Å². The van der Waals surface area contributed by atoms with Crippen LogP contribution in [0.2, 0.25) is 10.0 Å². The smallest absolute Gasteiger partial charge is 0.239 e. The number of hydrogen-bond donors (Lipinski definition) is 2. The van der Waals surface area contributed by atoms with Gasteiger partial charge in [-0.3, -0.25) is 9.69 Å². The predicted octanol–water partition coefficient (Wildman–Crippen LogP) is 3.80. The second-order valence-electron chi connectivity index (χ2n) is 5.24. The van der Waals surface area contributed by atoms with Gasteiger partial charge in [0.1, 0.15) is 10.8 Å². The molecular weight excluding hydrogens is 426 g/mol. The van der Waals surface area contributed by atoms with Crippen LogP contribution in [0, 0.1) is 0 Å².